The van der Waals surface area contributed by atoms with Gasteiger partial charge in [-0.2, -0.15) is 9.78 Å². The van der Waals surface area contributed by atoms with Gasteiger partial charge in [-0.15, -0.1) is 0 Å². The maximum atomic E-state index is 14.1. The first kappa shape index (κ1) is 20.8. The zero-order chi connectivity index (χ0) is 22.6. The quantitative estimate of drug-likeness (QED) is 0.396. The van der Waals surface area contributed by atoms with E-state index in [1.54, 1.807) is 12.3 Å². The van der Waals surface area contributed by atoms with Crippen LogP contribution >= 0.6 is 0 Å². The minimum Gasteiger partial charge on any atom is -0.381 e. The summed E-state index contributed by atoms with van der Waals surface area (Å²) < 4.78 is 36.8. The number of carbonyl (C=O) groups is 1. The van der Waals surface area contributed by atoms with Crippen LogP contribution in [0, 0.1) is 17.0 Å². The molecule has 0 radical (unpaired) electrons. The molecule has 0 unspecified atom stereocenters. The molecule has 0 N–H and O–H groups in total. The van der Waals surface area contributed by atoms with Gasteiger partial charge in [0.25, 0.3) is 5.91 Å². The molecule has 2 aromatic carbocycles. The molecular formula is C25H25F2N3O2. The summed E-state index contributed by atoms with van der Waals surface area (Å²) in [5, 5.41) is 6.08. The van der Waals surface area contributed by atoms with E-state index in [0.717, 1.165) is 46.4 Å². The lowest BCUT2D eigenvalue weighted by Gasteiger charge is -2.24. The third kappa shape index (κ3) is 3.41. The Kier molecular flexibility index (Phi) is 4.89. The van der Waals surface area contributed by atoms with Crippen LogP contribution in [0.15, 0.2) is 42.6 Å². The molecule has 5 rings (SSSR count). The Hall–Kier alpha value is -3.06. The lowest BCUT2D eigenvalue weighted by atomic mass is 9.95. The number of hydrogen-bond donors (Lipinski definition) is 0. The molecule has 32 heavy (non-hydrogen) atoms. The average Bonchev–Trinajstić information content (AvgIpc) is 3.34. The van der Waals surface area contributed by atoms with Crippen molar-refractivity contribution in [1.82, 2.24) is 14.3 Å². The van der Waals surface area contributed by atoms with E-state index in [0.29, 0.717) is 18.9 Å². The maximum Gasteiger partial charge on any atom is 0.252 e. The number of aromatic nitrogens is 3. The summed E-state index contributed by atoms with van der Waals surface area (Å²) in [7, 11) is 0. The van der Waals surface area contributed by atoms with Crippen molar-refractivity contribution in [1.29, 1.82) is 0 Å². The summed E-state index contributed by atoms with van der Waals surface area (Å²) in [6, 6.07) is 9.99. The van der Waals surface area contributed by atoms with E-state index in [-0.39, 0.29) is 11.8 Å². The van der Waals surface area contributed by atoms with Gasteiger partial charge < -0.3 is 9.30 Å². The first-order valence-electron chi connectivity index (χ1n) is 10.8. The number of nitrogens with zero attached hydrogens (tertiary/aromatic N) is 3. The summed E-state index contributed by atoms with van der Waals surface area (Å²) >= 11 is 0. The highest BCUT2D eigenvalue weighted by atomic mass is 19.2. The highest BCUT2D eigenvalue weighted by Gasteiger charge is 2.27. The van der Waals surface area contributed by atoms with Crippen molar-refractivity contribution in [2.45, 2.75) is 39.5 Å². The van der Waals surface area contributed by atoms with Gasteiger partial charge in [0.2, 0.25) is 0 Å². The first-order chi connectivity index (χ1) is 15.2. The lowest BCUT2D eigenvalue weighted by molar-refractivity contribution is 0.0755. The Morgan fingerprint density at radius 1 is 1.00 bits per heavy atom. The van der Waals surface area contributed by atoms with Gasteiger partial charge in [0.05, 0.1) is 17.2 Å². The molecule has 4 aromatic rings. The fraction of sp³-hybridized carbons (Fsp3) is 0.360. The van der Waals surface area contributed by atoms with Crippen LogP contribution in [0.1, 0.15) is 50.0 Å². The van der Waals surface area contributed by atoms with Gasteiger partial charge in [0.1, 0.15) is 0 Å². The number of fused-ring (bicyclic) bond motifs is 2. The second kappa shape index (κ2) is 7.52. The Morgan fingerprint density at radius 3 is 2.41 bits per heavy atom. The SMILES string of the molecule is CC(C)(C)C(=O)n1ncc2cc3c(cc(C4CCOCC4)n3-c3ccc(F)c(F)c3)cc21. The highest BCUT2D eigenvalue weighted by molar-refractivity contribution is 6.01. The van der Waals surface area contributed by atoms with E-state index in [1.165, 1.54) is 10.7 Å². The molecule has 2 aromatic heterocycles. The van der Waals surface area contributed by atoms with Gasteiger partial charge in [-0.25, -0.2) is 8.78 Å². The van der Waals surface area contributed by atoms with E-state index >= 15 is 0 Å². The van der Waals surface area contributed by atoms with Gasteiger partial charge in [-0.1, -0.05) is 20.8 Å². The Morgan fingerprint density at radius 2 is 1.72 bits per heavy atom. The number of carbonyl (C=O) groups excluding carboxylic acids is 1. The van der Waals surface area contributed by atoms with Gasteiger partial charge >= 0.3 is 0 Å². The minimum atomic E-state index is -0.882. The normalized spacial score (nSPS) is 15.7. The molecule has 7 heteroatoms. The molecule has 3 heterocycles. The molecule has 0 bridgehead atoms. The summed E-state index contributed by atoms with van der Waals surface area (Å²) in [4.78, 5) is 12.9. The minimum absolute atomic E-state index is 0.0865. The van der Waals surface area contributed by atoms with Crippen LogP contribution in [0.3, 0.4) is 0 Å². The topological polar surface area (TPSA) is 49.1 Å². The van der Waals surface area contributed by atoms with Crippen LogP contribution in [-0.2, 0) is 4.74 Å². The fourth-order valence-corrected chi connectivity index (χ4v) is 4.44. The molecule has 0 saturated carbocycles. The zero-order valence-corrected chi connectivity index (χ0v) is 18.4. The van der Waals surface area contributed by atoms with Crippen molar-refractivity contribution in [3.8, 4) is 5.69 Å². The van der Waals surface area contributed by atoms with Crippen molar-refractivity contribution in [3.05, 3.63) is 59.9 Å². The number of benzene rings is 2. The lowest BCUT2D eigenvalue weighted by Crippen LogP contribution is -2.27. The van der Waals surface area contributed by atoms with Crippen LogP contribution in [0.4, 0.5) is 8.78 Å². The third-order valence-corrected chi connectivity index (χ3v) is 6.15. The van der Waals surface area contributed by atoms with Crippen LogP contribution in [0.25, 0.3) is 27.5 Å². The molecule has 1 aliphatic heterocycles. The van der Waals surface area contributed by atoms with Crippen molar-refractivity contribution < 1.29 is 18.3 Å². The Labute approximate surface area is 184 Å². The molecule has 5 nitrogen and oxygen atoms in total. The van der Waals surface area contributed by atoms with E-state index in [2.05, 4.69) is 11.2 Å². The van der Waals surface area contributed by atoms with E-state index in [1.807, 2.05) is 37.5 Å². The molecule has 0 spiro atoms. The van der Waals surface area contributed by atoms with E-state index < -0.39 is 17.0 Å². The molecule has 166 valence electrons. The maximum absolute atomic E-state index is 14.1. The summed E-state index contributed by atoms with van der Waals surface area (Å²) in [5.41, 5.74) is 2.63. The Balaban J connectivity index is 1.75. The summed E-state index contributed by atoms with van der Waals surface area (Å²) in [6.07, 6.45) is 3.39. The Bertz CT molecular complexity index is 1340. The van der Waals surface area contributed by atoms with Crippen LogP contribution in [0.2, 0.25) is 0 Å². The predicted octanol–water partition coefficient (Wildman–Crippen LogP) is 5.84. The summed E-state index contributed by atoms with van der Waals surface area (Å²) in [6.45, 7) is 6.93. The standard InChI is InChI=1S/C25H25F2N3O2/c1-25(2,3)24(31)30-23-11-16-10-21(15-6-8-32-9-7-15)29(22(16)12-17(23)14-28-30)18-4-5-19(26)20(27)13-18/h4-5,10-15H,6-9H2,1-3H3. The number of halogens is 2. The smallest absolute Gasteiger partial charge is 0.252 e. The van der Waals surface area contributed by atoms with Crippen molar-refractivity contribution in [3.63, 3.8) is 0 Å². The van der Waals surface area contributed by atoms with Crippen LogP contribution < -0.4 is 0 Å². The van der Waals surface area contributed by atoms with Crippen LogP contribution in [0.5, 0.6) is 0 Å². The molecule has 1 aliphatic rings. The summed E-state index contributed by atoms with van der Waals surface area (Å²) in [5.74, 6) is -1.61. The first-order valence-corrected chi connectivity index (χ1v) is 10.8. The highest BCUT2D eigenvalue weighted by Crippen LogP contribution is 2.36. The molecule has 0 atom stereocenters. The monoisotopic (exact) mass is 437 g/mol. The number of hydrogen-bond acceptors (Lipinski definition) is 3. The fourth-order valence-electron chi connectivity index (χ4n) is 4.44. The molecule has 0 amide bonds. The largest absolute Gasteiger partial charge is 0.381 e. The molecule has 1 saturated heterocycles. The number of rotatable bonds is 2. The number of ether oxygens (including phenoxy) is 1. The molecular weight excluding hydrogens is 412 g/mol. The molecule has 1 fully saturated rings. The zero-order valence-electron chi connectivity index (χ0n) is 18.4. The van der Waals surface area contributed by atoms with E-state index in [9.17, 15) is 13.6 Å². The van der Waals surface area contributed by atoms with Crippen molar-refractivity contribution >= 4 is 27.7 Å². The van der Waals surface area contributed by atoms with Gasteiger partial charge in [-0.05, 0) is 43.2 Å². The van der Waals surface area contributed by atoms with Gasteiger partial charge in [0.15, 0.2) is 11.6 Å². The predicted molar refractivity (Wildman–Crippen MR) is 119 cm³/mol. The average molecular weight is 437 g/mol. The van der Waals surface area contributed by atoms with E-state index in [4.69, 9.17) is 4.74 Å². The second-order valence-corrected chi connectivity index (χ2v) is 9.47. The molecule has 0 aliphatic carbocycles. The van der Waals surface area contributed by atoms with Crippen molar-refractivity contribution in [2.75, 3.05) is 13.2 Å². The van der Waals surface area contributed by atoms with Crippen LogP contribution in [-0.4, -0.2) is 33.5 Å². The van der Waals surface area contributed by atoms with Gasteiger partial charge in [0, 0.05) is 52.8 Å². The van der Waals surface area contributed by atoms with Crippen molar-refractivity contribution in [2.24, 2.45) is 5.41 Å². The van der Waals surface area contributed by atoms with Gasteiger partial charge in [-0.3, -0.25) is 4.79 Å². The second-order valence-electron chi connectivity index (χ2n) is 9.47. The third-order valence-electron chi connectivity index (χ3n) is 6.15.